The molecular formula is C19H20N2O2S. The van der Waals surface area contributed by atoms with Crippen LogP contribution in [0.2, 0.25) is 0 Å². The van der Waals surface area contributed by atoms with Crippen LogP contribution in [0, 0.1) is 0 Å². The van der Waals surface area contributed by atoms with E-state index in [2.05, 4.69) is 19.1 Å². The van der Waals surface area contributed by atoms with E-state index in [9.17, 15) is 9.59 Å². The Morgan fingerprint density at radius 2 is 2.21 bits per heavy atom. The van der Waals surface area contributed by atoms with E-state index in [-0.39, 0.29) is 11.9 Å². The van der Waals surface area contributed by atoms with Gasteiger partial charge >= 0.3 is 0 Å². The standard InChI is InChI=1S/C19H20N2O2S/c1-2-3-5-15-11-14-10-13(19(20)23)7-8-17(14)21(15)18(22)12-16-6-4-9-24-16/h3-10,15H,2,11-12H2,1H3,(H2,20,23)/b5-3+. The monoisotopic (exact) mass is 340 g/mol. The maximum absolute atomic E-state index is 12.9. The molecule has 1 aromatic carbocycles. The molecule has 1 aliphatic heterocycles. The molecule has 2 N–H and O–H groups in total. The molecule has 0 radical (unpaired) electrons. The molecule has 0 fully saturated rings. The third-order valence-corrected chi connectivity index (χ3v) is 5.03. The zero-order chi connectivity index (χ0) is 17.1. The van der Waals surface area contributed by atoms with Gasteiger partial charge in [-0.05, 0) is 48.1 Å². The topological polar surface area (TPSA) is 63.4 Å². The summed E-state index contributed by atoms with van der Waals surface area (Å²) in [6, 6.07) is 9.27. The number of hydrogen-bond donors (Lipinski definition) is 1. The van der Waals surface area contributed by atoms with E-state index in [0.29, 0.717) is 18.4 Å². The van der Waals surface area contributed by atoms with Gasteiger partial charge in [-0.2, -0.15) is 0 Å². The van der Waals surface area contributed by atoms with Crippen LogP contribution in [0.25, 0.3) is 0 Å². The minimum Gasteiger partial charge on any atom is -0.366 e. The van der Waals surface area contributed by atoms with Crippen molar-refractivity contribution >= 4 is 28.8 Å². The molecule has 0 aliphatic carbocycles. The fourth-order valence-electron chi connectivity index (χ4n) is 3.05. The second-order valence-electron chi connectivity index (χ2n) is 5.84. The first-order valence-corrected chi connectivity index (χ1v) is 8.92. The zero-order valence-corrected chi connectivity index (χ0v) is 14.4. The number of benzene rings is 1. The lowest BCUT2D eigenvalue weighted by Gasteiger charge is -2.23. The number of hydrogen-bond acceptors (Lipinski definition) is 3. The number of carbonyl (C=O) groups excluding carboxylic acids is 2. The first-order chi connectivity index (χ1) is 11.6. The molecule has 3 rings (SSSR count). The van der Waals surface area contributed by atoms with Gasteiger partial charge in [0.1, 0.15) is 0 Å². The summed E-state index contributed by atoms with van der Waals surface area (Å²) in [5.41, 5.74) is 7.74. The summed E-state index contributed by atoms with van der Waals surface area (Å²) < 4.78 is 0. The van der Waals surface area contributed by atoms with Crippen molar-refractivity contribution in [3.05, 3.63) is 63.9 Å². The molecule has 1 aliphatic rings. The van der Waals surface area contributed by atoms with Crippen molar-refractivity contribution in [2.75, 3.05) is 4.90 Å². The highest BCUT2D eigenvalue weighted by Gasteiger charge is 2.32. The minimum atomic E-state index is -0.443. The van der Waals surface area contributed by atoms with E-state index >= 15 is 0 Å². The highest BCUT2D eigenvalue weighted by molar-refractivity contribution is 7.10. The summed E-state index contributed by atoms with van der Waals surface area (Å²) in [6.07, 6.45) is 6.19. The predicted molar refractivity (Wildman–Crippen MR) is 97.4 cm³/mol. The lowest BCUT2D eigenvalue weighted by molar-refractivity contribution is -0.118. The van der Waals surface area contributed by atoms with Crippen LogP contribution >= 0.6 is 11.3 Å². The van der Waals surface area contributed by atoms with E-state index in [1.165, 1.54) is 0 Å². The van der Waals surface area contributed by atoms with Crippen molar-refractivity contribution < 1.29 is 9.59 Å². The number of fused-ring (bicyclic) bond motifs is 1. The number of nitrogens with zero attached hydrogens (tertiary/aromatic N) is 1. The van der Waals surface area contributed by atoms with Crippen molar-refractivity contribution in [1.82, 2.24) is 0 Å². The smallest absolute Gasteiger partial charge is 0.248 e. The van der Waals surface area contributed by atoms with Gasteiger partial charge < -0.3 is 10.6 Å². The Morgan fingerprint density at radius 3 is 2.88 bits per heavy atom. The Hall–Kier alpha value is -2.40. The summed E-state index contributed by atoms with van der Waals surface area (Å²) in [7, 11) is 0. The SMILES string of the molecule is CC/C=C/C1Cc2cc(C(N)=O)ccc2N1C(=O)Cc1cccs1. The van der Waals surface area contributed by atoms with Crippen LogP contribution in [-0.4, -0.2) is 17.9 Å². The number of nitrogens with two attached hydrogens (primary N) is 1. The van der Waals surface area contributed by atoms with Gasteiger partial charge in [0.05, 0.1) is 12.5 Å². The fourth-order valence-corrected chi connectivity index (χ4v) is 3.74. The maximum Gasteiger partial charge on any atom is 0.248 e. The molecule has 2 aromatic rings. The molecular weight excluding hydrogens is 320 g/mol. The van der Waals surface area contributed by atoms with Gasteiger partial charge in [-0.3, -0.25) is 9.59 Å². The first-order valence-electron chi connectivity index (χ1n) is 8.04. The molecule has 5 heteroatoms. The highest BCUT2D eigenvalue weighted by atomic mass is 32.1. The molecule has 1 unspecified atom stereocenters. The minimum absolute atomic E-state index is 0.00413. The molecule has 4 nitrogen and oxygen atoms in total. The van der Waals surface area contributed by atoms with Gasteiger partial charge in [0.2, 0.25) is 11.8 Å². The van der Waals surface area contributed by atoms with Crippen LogP contribution in [0.15, 0.2) is 47.9 Å². The third-order valence-electron chi connectivity index (χ3n) is 4.15. The van der Waals surface area contributed by atoms with E-state index in [1.54, 1.807) is 17.4 Å². The van der Waals surface area contributed by atoms with Crippen LogP contribution in [-0.2, 0) is 17.6 Å². The maximum atomic E-state index is 12.9. The van der Waals surface area contributed by atoms with Gasteiger partial charge in [-0.15, -0.1) is 11.3 Å². The summed E-state index contributed by atoms with van der Waals surface area (Å²) in [4.78, 5) is 27.2. The van der Waals surface area contributed by atoms with Crippen molar-refractivity contribution in [2.45, 2.75) is 32.2 Å². The molecule has 124 valence electrons. The average Bonchev–Trinajstić information content (AvgIpc) is 3.18. The van der Waals surface area contributed by atoms with Crippen LogP contribution in [0.4, 0.5) is 5.69 Å². The molecule has 2 heterocycles. The largest absolute Gasteiger partial charge is 0.366 e. The molecule has 2 amide bonds. The number of amides is 2. The third kappa shape index (κ3) is 3.26. The van der Waals surface area contributed by atoms with Crippen LogP contribution in [0.5, 0.6) is 0 Å². The van der Waals surface area contributed by atoms with Crippen LogP contribution in [0.3, 0.4) is 0 Å². The number of carbonyl (C=O) groups is 2. The lowest BCUT2D eigenvalue weighted by Crippen LogP contribution is -2.37. The number of thiophene rings is 1. The van der Waals surface area contributed by atoms with Gasteiger partial charge in [-0.25, -0.2) is 0 Å². The Bertz CT molecular complexity index is 781. The Kier molecular flexibility index (Phi) is 4.81. The van der Waals surface area contributed by atoms with Gasteiger partial charge in [-0.1, -0.05) is 25.1 Å². The van der Waals surface area contributed by atoms with Crippen molar-refractivity contribution in [1.29, 1.82) is 0 Å². The number of allylic oxidation sites excluding steroid dienone is 1. The predicted octanol–water partition coefficient (Wildman–Crippen LogP) is 3.31. The molecule has 1 aromatic heterocycles. The lowest BCUT2D eigenvalue weighted by atomic mass is 10.1. The molecule has 24 heavy (non-hydrogen) atoms. The second kappa shape index (κ2) is 7.01. The van der Waals surface area contributed by atoms with E-state index in [1.807, 2.05) is 34.5 Å². The van der Waals surface area contributed by atoms with E-state index in [0.717, 1.165) is 22.5 Å². The van der Waals surface area contributed by atoms with E-state index in [4.69, 9.17) is 5.73 Å². The number of primary amides is 1. The zero-order valence-electron chi connectivity index (χ0n) is 13.6. The number of anilines is 1. The van der Waals surface area contributed by atoms with Crippen molar-refractivity contribution in [2.24, 2.45) is 5.73 Å². The average molecular weight is 340 g/mol. The quantitative estimate of drug-likeness (QED) is 0.849. The van der Waals surface area contributed by atoms with Crippen LogP contribution in [0.1, 0.15) is 34.1 Å². The molecule has 0 saturated heterocycles. The summed E-state index contributed by atoms with van der Waals surface area (Å²) in [5, 5.41) is 1.98. The highest BCUT2D eigenvalue weighted by Crippen LogP contribution is 2.34. The number of rotatable bonds is 5. The van der Waals surface area contributed by atoms with Gasteiger partial charge in [0.25, 0.3) is 0 Å². The molecule has 0 bridgehead atoms. The molecule has 1 atom stereocenters. The molecule has 0 saturated carbocycles. The molecule has 0 spiro atoms. The fraction of sp³-hybridized carbons (Fsp3) is 0.263. The van der Waals surface area contributed by atoms with Crippen molar-refractivity contribution in [3.8, 4) is 0 Å². The van der Waals surface area contributed by atoms with Gasteiger partial charge in [0, 0.05) is 16.1 Å². The summed E-state index contributed by atoms with van der Waals surface area (Å²) in [6.45, 7) is 2.07. The summed E-state index contributed by atoms with van der Waals surface area (Å²) in [5.74, 6) is -0.365. The normalized spacial score (nSPS) is 16.5. The first kappa shape index (κ1) is 16.5. The van der Waals surface area contributed by atoms with E-state index < -0.39 is 5.91 Å². The Balaban J connectivity index is 1.93. The Labute approximate surface area is 145 Å². The Morgan fingerprint density at radius 1 is 1.38 bits per heavy atom. The summed E-state index contributed by atoms with van der Waals surface area (Å²) >= 11 is 1.59. The van der Waals surface area contributed by atoms with Crippen molar-refractivity contribution in [3.63, 3.8) is 0 Å². The van der Waals surface area contributed by atoms with Crippen LogP contribution < -0.4 is 10.6 Å². The second-order valence-corrected chi connectivity index (χ2v) is 6.87. The van der Waals surface area contributed by atoms with Gasteiger partial charge in [0.15, 0.2) is 0 Å².